The molecule has 5 heteroatoms. The summed E-state index contributed by atoms with van der Waals surface area (Å²) in [7, 11) is 1.93. The fourth-order valence-corrected chi connectivity index (χ4v) is 2.41. The molecule has 19 heavy (non-hydrogen) atoms. The molecular formula is C14H13FN2OS. The summed E-state index contributed by atoms with van der Waals surface area (Å²) in [4.78, 5) is 4.21. The van der Waals surface area contributed by atoms with Gasteiger partial charge in [-0.1, -0.05) is 29.7 Å². The minimum atomic E-state index is -0.369. The van der Waals surface area contributed by atoms with E-state index in [1.165, 1.54) is 6.07 Å². The molecule has 2 rings (SSSR count). The highest BCUT2D eigenvalue weighted by Crippen LogP contribution is 2.21. The molecular weight excluding hydrogens is 263 g/mol. The normalized spacial score (nSPS) is 10.1. The first kappa shape index (κ1) is 13.7. The number of nitrogens with zero attached hydrogens (tertiary/aromatic N) is 2. The molecule has 0 amide bonds. The summed E-state index contributed by atoms with van der Waals surface area (Å²) in [5.74, 6) is 5.38. The molecule has 0 saturated heterocycles. The minimum absolute atomic E-state index is 0.272. The maximum absolute atomic E-state index is 13.5. The Balaban J connectivity index is 2.11. The highest BCUT2D eigenvalue weighted by atomic mass is 32.2. The molecule has 0 atom stereocenters. The van der Waals surface area contributed by atoms with Crippen LogP contribution in [-0.4, -0.2) is 21.3 Å². The first-order valence-corrected chi connectivity index (χ1v) is 6.67. The Morgan fingerprint density at radius 3 is 3.00 bits per heavy atom. The van der Waals surface area contributed by atoms with Crippen molar-refractivity contribution in [2.75, 3.05) is 6.61 Å². The molecule has 0 bridgehead atoms. The Morgan fingerprint density at radius 2 is 2.32 bits per heavy atom. The van der Waals surface area contributed by atoms with Gasteiger partial charge in [-0.05, 0) is 17.7 Å². The number of aryl methyl sites for hydroxylation is 1. The molecule has 0 saturated carbocycles. The number of thioether (sulfide) groups is 1. The Morgan fingerprint density at radius 1 is 1.47 bits per heavy atom. The molecule has 0 aliphatic carbocycles. The van der Waals surface area contributed by atoms with Crippen LogP contribution in [0.25, 0.3) is 0 Å². The van der Waals surface area contributed by atoms with Gasteiger partial charge < -0.3 is 9.67 Å². The monoisotopic (exact) mass is 276 g/mol. The van der Waals surface area contributed by atoms with Gasteiger partial charge in [0.05, 0.1) is 5.56 Å². The predicted molar refractivity (Wildman–Crippen MR) is 73.1 cm³/mol. The number of aliphatic hydroxyl groups is 1. The number of hydrogen-bond donors (Lipinski definition) is 1. The zero-order valence-electron chi connectivity index (χ0n) is 10.4. The Labute approximate surface area is 115 Å². The summed E-state index contributed by atoms with van der Waals surface area (Å²) in [6.45, 7) is -0.272. The highest BCUT2D eigenvalue weighted by Gasteiger charge is 2.04. The van der Waals surface area contributed by atoms with E-state index in [0.29, 0.717) is 11.3 Å². The van der Waals surface area contributed by atoms with E-state index in [1.807, 2.05) is 17.8 Å². The minimum Gasteiger partial charge on any atom is -0.384 e. The number of halogens is 1. The van der Waals surface area contributed by atoms with Gasteiger partial charge >= 0.3 is 0 Å². The molecule has 1 aromatic carbocycles. The fourth-order valence-electron chi connectivity index (χ4n) is 1.53. The van der Waals surface area contributed by atoms with E-state index in [4.69, 9.17) is 5.11 Å². The van der Waals surface area contributed by atoms with E-state index < -0.39 is 0 Å². The molecule has 98 valence electrons. The number of aliphatic hydroxyl groups excluding tert-OH is 1. The highest BCUT2D eigenvalue weighted by molar-refractivity contribution is 7.98. The lowest BCUT2D eigenvalue weighted by Gasteiger charge is -2.03. The van der Waals surface area contributed by atoms with Crippen LogP contribution in [0.1, 0.15) is 11.1 Å². The van der Waals surface area contributed by atoms with Crippen molar-refractivity contribution >= 4 is 11.8 Å². The van der Waals surface area contributed by atoms with E-state index in [0.717, 1.165) is 10.7 Å². The van der Waals surface area contributed by atoms with Gasteiger partial charge in [0.2, 0.25) is 0 Å². The molecule has 0 unspecified atom stereocenters. The van der Waals surface area contributed by atoms with Crippen molar-refractivity contribution in [2.45, 2.75) is 10.9 Å². The molecule has 0 aliphatic rings. The summed E-state index contributed by atoms with van der Waals surface area (Å²) < 4.78 is 15.4. The SMILES string of the molecule is Cn1ccnc1SCc1ccc(F)c(C#CCO)c1. The Bertz CT molecular complexity index is 628. The molecule has 1 aromatic heterocycles. The maximum atomic E-state index is 13.5. The van der Waals surface area contributed by atoms with Gasteiger partial charge in [0, 0.05) is 25.2 Å². The molecule has 3 nitrogen and oxygen atoms in total. The van der Waals surface area contributed by atoms with Crippen molar-refractivity contribution in [3.63, 3.8) is 0 Å². The summed E-state index contributed by atoms with van der Waals surface area (Å²) in [5, 5.41) is 9.55. The molecule has 1 N–H and O–H groups in total. The number of aromatic nitrogens is 2. The largest absolute Gasteiger partial charge is 0.384 e. The second-order valence-electron chi connectivity index (χ2n) is 3.88. The van der Waals surface area contributed by atoms with Crippen LogP contribution < -0.4 is 0 Å². The van der Waals surface area contributed by atoms with Crippen molar-refractivity contribution in [3.05, 3.63) is 47.5 Å². The molecule has 0 spiro atoms. The van der Waals surface area contributed by atoms with Crippen LogP contribution in [0.2, 0.25) is 0 Å². The van der Waals surface area contributed by atoms with Gasteiger partial charge in [0.15, 0.2) is 5.16 Å². The average molecular weight is 276 g/mol. The maximum Gasteiger partial charge on any atom is 0.167 e. The number of rotatable bonds is 3. The average Bonchev–Trinajstić information content (AvgIpc) is 2.82. The zero-order valence-corrected chi connectivity index (χ0v) is 11.2. The van der Waals surface area contributed by atoms with Gasteiger partial charge in [-0.3, -0.25) is 0 Å². The zero-order chi connectivity index (χ0) is 13.7. The first-order valence-electron chi connectivity index (χ1n) is 5.69. The van der Waals surface area contributed by atoms with Crippen LogP contribution in [0, 0.1) is 17.7 Å². The standard InChI is InChI=1S/C14H13FN2OS/c1-17-7-6-16-14(17)19-10-11-4-5-13(15)12(9-11)3-2-8-18/h4-7,9,18H,8,10H2,1H3. The van der Waals surface area contributed by atoms with Crippen molar-refractivity contribution in [1.82, 2.24) is 9.55 Å². The van der Waals surface area contributed by atoms with Crippen molar-refractivity contribution < 1.29 is 9.50 Å². The lowest BCUT2D eigenvalue weighted by Crippen LogP contribution is -1.92. The van der Waals surface area contributed by atoms with Crippen LogP contribution in [0.15, 0.2) is 35.7 Å². The van der Waals surface area contributed by atoms with Gasteiger partial charge in [-0.15, -0.1) is 0 Å². The first-order chi connectivity index (χ1) is 9.20. The van der Waals surface area contributed by atoms with Crippen molar-refractivity contribution in [3.8, 4) is 11.8 Å². The summed E-state index contributed by atoms with van der Waals surface area (Å²) >= 11 is 1.58. The molecule has 1 heterocycles. The molecule has 0 radical (unpaired) electrons. The second-order valence-corrected chi connectivity index (χ2v) is 4.83. The third-order valence-corrected chi connectivity index (χ3v) is 3.61. The van der Waals surface area contributed by atoms with Crippen LogP contribution in [0.5, 0.6) is 0 Å². The van der Waals surface area contributed by atoms with Crippen LogP contribution >= 0.6 is 11.8 Å². The Hall–Kier alpha value is -1.77. The van der Waals surface area contributed by atoms with E-state index in [9.17, 15) is 4.39 Å². The summed E-state index contributed by atoms with van der Waals surface area (Å²) in [6.07, 6.45) is 3.62. The van der Waals surface area contributed by atoms with Crippen LogP contribution in [0.4, 0.5) is 4.39 Å². The van der Waals surface area contributed by atoms with Crippen LogP contribution in [-0.2, 0) is 12.8 Å². The quantitative estimate of drug-likeness (QED) is 0.690. The van der Waals surface area contributed by atoms with Gasteiger partial charge in [0.25, 0.3) is 0 Å². The summed E-state index contributed by atoms with van der Waals surface area (Å²) in [6, 6.07) is 4.83. The third kappa shape index (κ3) is 3.60. The molecule has 0 aliphatic heterocycles. The number of hydrogen-bond acceptors (Lipinski definition) is 3. The predicted octanol–water partition coefficient (Wildman–Crippen LogP) is 2.20. The lowest BCUT2D eigenvalue weighted by atomic mass is 10.1. The van der Waals surface area contributed by atoms with Crippen molar-refractivity contribution in [1.29, 1.82) is 0 Å². The summed E-state index contributed by atoms with van der Waals surface area (Å²) in [5.41, 5.74) is 1.28. The fraction of sp³-hybridized carbons (Fsp3) is 0.214. The number of imidazole rings is 1. The van der Waals surface area contributed by atoms with Gasteiger partial charge in [-0.25, -0.2) is 9.37 Å². The van der Waals surface area contributed by atoms with Gasteiger partial charge in [0.1, 0.15) is 12.4 Å². The lowest BCUT2D eigenvalue weighted by molar-refractivity contribution is 0.350. The molecule has 2 aromatic rings. The van der Waals surface area contributed by atoms with Gasteiger partial charge in [-0.2, -0.15) is 0 Å². The third-order valence-electron chi connectivity index (χ3n) is 2.48. The number of benzene rings is 1. The van der Waals surface area contributed by atoms with Crippen LogP contribution in [0.3, 0.4) is 0 Å². The molecule has 0 fully saturated rings. The topological polar surface area (TPSA) is 38.0 Å². The smallest absolute Gasteiger partial charge is 0.167 e. The second kappa shape index (κ2) is 6.41. The van der Waals surface area contributed by atoms with E-state index in [2.05, 4.69) is 16.8 Å². The van der Waals surface area contributed by atoms with Crippen molar-refractivity contribution in [2.24, 2.45) is 7.05 Å². The Kier molecular flexibility index (Phi) is 4.61. The van der Waals surface area contributed by atoms with E-state index in [-0.39, 0.29) is 12.4 Å². The van der Waals surface area contributed by atoms with E-state index in [1.54, 1.807) is 30.1 Å². The van der Waals surface area contributed by atoms with E-state index >= 15 is 0 Å².